The second kappa shape index (κ2) is 6.56. The van der Waals surface area contributed by atoms with E-state index in [2.05, 4.69) is 20.5 Å². The first-order chi connectivity index (χ1) is 12.1. The molecule has 3 aromatic heterocycles. The number of anilines is 1. The van der Waals surface area contributed by atoms with Crippen LogP contribution in [0, 0.1) is 0 Å². The highest BCUT2D eigenvalue weighted by molar-refractivity contribution is 7.11. The molecule has 0 bridgehead atoms. The van der Waals surface area contributed by atoms with Gasteiger partial charge < -0.3 is 0 Å². The Morgan fingerprint density at radius 1 is 1.00 bits per heavy atom. The largest absolute Gasteiger partial charge is 0.433 e. The van der Waals surface area contributed by atoms with Crippen LogP contribution in [0.4, 0.5) is 32.2 Å². The third kappa shape index (κ3) is 3.93. The molecule has 136 valence electrons. The summed E-state index contributed by atoms with van der Waals surface area (Å²) in [5.41, 5.74) is -1.33. The zero-order valence-corrected chi connectivity index (χ0v) is 13.4. The number of nitrogens with one attached hydrogen (secondary N) is 1. The lowest BCUT2D eigenvalue weighted by atomic mass is 10.1. The molecule has 0 unspecified atom stereocenters. The van der Waals surface area contributed by atoms with Crippen LogP contribution in [-0.4, -0.2) is 16.2 Å². The lowest BCUT2D eigenvalue weighted by molar-refractivity contribution is -0.144. The maximum absolute atomic E-state index is 13.1. The number of hydrazone groups is 1. The average Bonchev–Trinajstić information content (AvgIpc) is 3.05. The molecule has 0 fully saturated rings. The van der Waals surface area contributed by atoms with E-state index >= 15 is 0 Å². The van der Waals surface area contributed by atoms with Gasteiger partial charge in [-0.25, -0.2) is 9.97 Å². The smallest absolute Gasteiger partial charge is 0.261 e. The van der Waals surface area contributed by atoms with Gasteiger partial charge in [0.15, 0.2) is 5.65 Å². The average molecular weight is 390 g/mol. The van der Waals surface area contributed by atoms with Gasteiger partial charge in [-0.3, -0.25) is 5.43 Å². The molecular weight excluding hydrogens is 382 g/mol. The second-order valence-electron chi connectivity index (χ2n) is 5.00. The molecular formula is C15H8F6N4S. The molecule has 0 aliphatic rings. The maximum atomic E-state index is 13.1. The van der Waals surface area contributed by atoms with Gasteiger partial charge in [-0.2, -0.15) is 31.4 Å². The molecule has 3 rings (SSSR count). The van der Waals surface area contributed by atoms with E-state index in [1.54, 1.807) is 12.1 Å². The number of alkyl halides is 6. The molecule has 0 aliphatic carbocycles. The first-order valence-corrected chi connectivity index (χ1v) is 7.81. The molecule has 4 nitrogen and oxygen atoms in total. The van der Waals surface area contributed by atoms with E-state index in [0.29, 0.717) is 0 Å². The molecule has 11 heteroatoms. The summed E-state index contributed by atoms with van der Waals surface area (Å²) in [5.74, 6) is -0.0368. The summed E-state index contributed by atoms with van der Waals surface area (Å²) >= 11 is 1.40. The normalized spacial score (nSPS) is 12.8. The van der Waals surface area contributed by atoms with Gasteiger partial charge in [-0.1, -0.05) is 6.07 Å². The van der Waals surface area contributed by atoms with Crippen LogP contribution >= 0.6 is 11.3 Å². The Morgan fingerprint density at radius 2 is 1.77 bits per heavy atom. The van der Waals surface area contributed by atoms with Gasteiger partial charge in [0.2, 0.25) is 0 Å². The molecule has 0 radical (unpaired) electrons. The van der Waals surface area contributed by atoms with Crippen molar-refractivity contribution in [2.24, 2.45) is 5.10 Å². The number of hydrogen-bond acceptors (Lipinski definition) is 5. The van der Waals surface area contributed by atoms with Crippen LogP contribution in [0.25, 0.3) is 11.0 Å². The van der Waals surface area contributed by atoms with Gasteiger partial charge in [-0.15, -0.1) is 11.3 Å². The number of nitrogens with zero attached hydrogens (tertiary/aromatic N) is 3. The van der Waals surface area contributed by atoms with Crippen LogP contribution in [0.2, 0.25) is 0 Å². The molecule has 3 aromatic rings. The standard InChI is InChI=1S/C15H8F6N4S/c16-14(17,18)10-6-11(15(19,20)21)23-13-9(10)3-4-12(24-13)25-22-7-8-2-1-5-26-8/h1-7H,(H,23,24,25)/b22-7+. The third-order valence-electron chi connectivity index (χ3n) is 3.18. The summed E-state index contributed by atoms with van der Waals surface area (Å²) in [6.45, 7) is 0. The topological polar surface area (TPSA) is 50.2 Å². The van der Waals surface area contributed by atoms with Crippen LogP contribution in [0.5, 0.6) is 0 Å². The summed E-state index contributed by atoms with van der Waals surface area (Å²) in [6.07, 6.45) is -8.57. The summed E-state index contributed by atoms with van der Waals surface area (Å²) in [5, 5.41) is 5.12. The van der Waals surface area contributed by atoms with Crippen LogP contribution in [0.3, 0.4) is 0 Å². The van der Waals surface area contributed by atoms with Gasteiger partial charge in [-0.05, 0) is 29.6 Å². The highest BCUT2D eigenvalue weighted by atomic mass is 32.1. The molecule has 0 aliphatic heterocycles. The zero-order chi connectivity index (χ0) is 18.9. The van der Waals surface area contributed by atoms with Crippen molar-refractivity contribution in [1.82, 2.24) is 9.97 Å². The molecule has 1 N–H and O–H groups in total. The summed E-state index contributed by atoms with van der Waals surface area (Å²) in [4.78, 5) is 7.72. The summed E-state index contributed by atoms with van der Waals surface area (Å²) < 4.78 is 77.8. The number of halogens is 6. The molecule has 26 heavy (non-hydrogen) atoms. The van der Waals surface area contributed by atoms with Crippen molar-refractivity contribution in [3.63, 3.8) is 0 Å². The minimum absolute atomic E-state index is 0.0218. The Bertz CT molecular complexity index is 947. The zero-order valence-electron chi connectivity index (χ0n) is 12.6. The van der Waals surface area contributed by atoms with E-state index in [4.69, 9.17) is 0 Å². The third-order valence-corrected chi connectivity index (χ3v) is 3.99. The molecule has 0 saturated heterocycles. The van der Waals surface area contributed by atoms with Gasteiger partial charge in [0, 0.05) is 10.3 Å². The van der Waals surface area contributed by atoms with Crippen molar-refractivity contribution >= 4 is 34.4 Å². The first-order valence-electron chi connectivity index (χ1n) is 6.93. The van der Waals surface area contributed by atoms with Gasteiger partial charge in [0.25, 0.3) is 0 Å². The Morgan fingerprint density at radius 3 is 2.38 bits per heavy atom. The summed E-state index contributed by atoms with van der Waals surface area (Å²) in [6, 6.07) is 5.73. The monoisotopic (exact) mass is 390 g/mol. The molecule has 0 atom stereocenters. The molecule has 3 heterocycles. The van der Waals surface area contributed by atoms with Crippen molar-refractivity contribution in [2.45, 2.75) is 12.4 Å². The van der Waals surface area contributed by atoms with Crippen molar-refractivity contribution < 1.29 is 26.3 Å². The SMILES string of the molecule is FC(F)(F)c1cc(C(F)(F)F)c2ccc(N/N=C/c3cccs3)nc2n1. The number of fused-ring (bicyclic) bond motifs is 1. The van der Waals surface area contributed by atoms with Crippen molar-refractivity contribution in [2.75, 3.05) is 5.43 Å². The fraction of sp³-hybridized carbons (Fsp3) is 0.133. The Labute approximate surface area is 146 Å². The quantitative estimate of drug-likeness (QED) is 0.381. The van der Waals surface area contributed by atoms with Crippen LogP contribution in [-0.2, 0) is 12.4 Å². The number of aromatic nitrogens is 2. The van der Waals surface area contributed by atoms with Crippen molar-refractivity contribution in [3.8, 4) is 0 Å². The number of thiophene rings is 1. The summed E-state index contributed by atoms with van der Waals surface area (Å²) in [7, 11) is 0. The van der Waals surface area contributed by atoms with E-state index in [0.717, 1.165) is 10.9 Å². The fourth-order valence-electron chi connectivity index (χ4n) is 2.07. The van der Waals surface area contributed by atoms with Gasteiger partial charge in [0.05, 0.1) is 11.8 Å². The van der Waals surface area contributed by atoms with Crippen LogP contribution in [0.15, 0.2) is 40.8 Å². The van der Waals surface area contributed by atoms with Crippen LogP contribution < -0.4 is 5.43 Å². The van der Waals surface area contributed by atoms with E-state index in [1.165, 1.54) is 23.6 Å². The molecule has 0 spiro atoms. The number of rotatable bonds is 3. The fourth-order valence-corrected chi connectivity index (χ4v) is 2.66. The van der Waals surface area contributed by atoms with E-state index in [9.17, 15) is 26.3 Å². The Kier molecular flexibility index (Phi) is 4.57. The molecule has 0 aromatic carbocycles. The van der Waals surface area contributed by atoms with E-state index in [1.807, 2.05) is 5.38 Å². The lowest BCUT2D eigenvalue weighted by Gasteiger charge is -2.14. The number of hydrogen-bond donors (Lipinski definition) is 1. The molecule has 0 saturated carbocycles. The predicted molar refractivity (Wildman–Crippen MR) is 85.1 cm³/mol. The van der Waals surface area contributed by atoms with Crippen molar-refractivity contribution in [1.29, 1.82) is 0 Å². The Hall–Kier alpha value is -2.69. The molecule has 0 amide bonds. The van der Waals surface area contributed by atoms with Crippen LogP contribution in [0.1, 0.15) is 16.1 Å². The van der Waals surface area contributed by atoms with E-state index < -0.39 is 34.6 Å². The lowest BCUT2D eigenvalue weighted by Crippen LogP contribution is -2.14. The van der Waals surface area contributed by atoms with Gasteiger partial charge in [0.1, 0.15) is 11.5 Å². The van der Waals surface area contributed by atoms with Crippen molar-refractivity contribution in [3.05, 3.63) is 51.8 Å². The van der Waals surface area contributed by atoms with E-state index in [-0.39, 0.29) is 11.9 Å². The Balaban J connectivity index is 2.02. The second-order valence-corrected chi connectivity index (χ2v) is 5.98. The number of pyridine rings is 2. The van der Waals surface area contributed by atoms with Gasteiger partial charge >= 0.3 is 12.4 Å². The first kappa shape index (κ1) is 18.1. The predicted octanol–water partition coefficient (Wildman–Crippen LogP) is 5.17. The maximum Gasteiger partial charge on any atom is 0.433 e. The highest BCUT2D eigenvalue weighted by Gasteiger charge is 2.39. The highest BCUT2D eigenvalue weighted by Crippen LogP contribution is 2.38. The minimum atomic E-state index is -5.03. The minimum Gasteiger partial charge on any atom is -0.261 e.